The summed E-state index contributed by atoms with van der Waals surface area (Å²) in [6.45, 7) is 5.06. The fraction of sp³-hybridized carbons (Fsp3) is 0.762. The van der Waals surface area contributed by atoms with Crippen LogP contribution >= 0.6 is 11.3 Å². The van der Waals surface area contributed by atoms with Gasteiger partial charge in [-0.15, -0.1) is 16.4 Å². The summed E-state index contributed by atoms with van der Waals surface area (Å²) in [6.07, 6.45) is 9.25. The van der Waals surface area contributed by atoms with E-state index in [2.05, 4.69) is 55.4 Å². The van der Waals surface area contributed by atoms with Crippen molar-refractivity contribution in [2.45, 2.75) is 50.9 Å². The maximum Gasteiger partial charge on any atom is 0.107 e. The van der Waals surface area contributed by atoms with E-state index in [1.807, 2.05) is 6.20 Å². The summed E-state index contributed by atoms with van der Waals surface area (Å²) in [7, 11) is 4.14. The summed E-state index contributed by atoms with van der Waals surface area (Å²) in [5.74, 6) is 2.22. The van der Waals surface area contributed by atoms with Gasteiger partial charge in [-0.2, -0.15) is 0 Å². The summed E-state index contributed by atoms with van der Waals surface area (Å²) in [4.78, 5) is 9.21. The summed E-state index contributed by atoms with van der Waals surface area (Å²) in [5, 5.41) is 12.2. The lowest BCUT2D eigenvalue weighted by atomic mass is 9.77. The van der Waals surface area contributed by atoms with E-state index < -0.39 is 0 Å². The zero-order valence-electron chi connectivity index (χ0n) is 17.5. The Morgan fingerprint density at radius 3 is 2.76 bits per heavy atom. The molecule has 158 valence electrons. The Balaban J connectivity index is 1.28. The molecule has 7 nitrogen and oxygen atoms in total. The van der Waals surface area contributed by atoms with Crippen LogP contribution in [0.3, 0.4) is 0 Å². The van der Waals surface area contributed by atoms with Gasteiger partial charge < -0.3 is 9.64 Å². The van der Waals surface area contributed by atoms with Crippen molar-refractivity contribution in [1.29, 1.82) is 0 Å². The minimum Gasteiger partial charge on any atom is -0.376 e. The fourth-order valence-electron chi connectivity index (χ4n) is 5.01. The minimum absolute atomic E-state index is 0.255. The van der Waals surface area contributed by atoms with Crippen LogP contribution in [0.2, 0.25) is 0 Å². The van der Waals surface area contributed by atoms with Gasteiger partial charge in [0.1, 0.15) is 5.01 Å². The monoisotopic (exact) mass is 416 g/mol. The van der Waals surface area contributed by atoms with E-state index >= 15 is 0 Å². The average Bonchev–Trinajstić information content (AvgIpc) is 3.06. The molecule has 29 heavy (non-hydrogen) atoms. The van der Waals surface area contributed by atoms with E-state index in [4.69, 9.17) is 4.74 Å². The lowest BCUT2D eigenvalue weighted by Gasteiger charge is -2.37. The summed E-state index contributed by atoms with van der Waals surface area (Å²) >= 11 is 1.76. The van der Waals surface area contributed by atoms with Gasteiger partial charge >= 0.3 is 0 Å². The van der Waals surface area contributed by atoms with Crippen molar-refractivity contribution >= 4 is 11.3 Å². The Labute approximate surface area is 177 Å². The molecule has 0 bridgehead atoms. The Morgan fingerprint density at radius 2 is 2.03 bits per heavy atom. The van der Waals surface area contributed by atoms with Gasteiger partial charge in [-0.05, 0) is 57.5 Å². The second-order valence-corrected chi connectivity index (χ2v) is 10.4. The largest absolute Gasteiger partial charge is 0.376 e. The maximum absolute atomic E-state index is 6.49. The van der Waals surface area contributed by atoms with E-state index in [9.17, 15) is 0 Å². The summed E-state index contributed by atoms with van der Waals surface area (Å²) in [6, 6.07) is 0.304. The van der Waals surface area contributed by atoms with Crippen molar-refractivity contribution in [3.63, 3.8) is 0 Å². The number of nitrogens with zero attached hydrogens (tertiary/aromatic N) is 6. The third-order valence-electron chi connectivity index (χ3n) is 6.62. The molecule has 0 spiro atoms. The average molecular weight is 417 g/mol. The van der Waals surface area contributed by atoms with Crippen LogP contribution in [-0.2, 0) is 17.8 Å². The normalized spacial score (nSPS) is 30.2. The fourth-order valence-corrected chi connectivity index (χ4v) is 5.67. The maximum atomic E-state index is 6.49. The zero-order chi connectivity index (χ0) is 19.8. The molecule has 2 aliphatic carbocycles. The molecule has 0 radical (unpaired) electrons. The Hall–Kier alpha value is -1.35. The standard InChI is InChI=1S/C21H32N6OS/c1-25(2)11-18-12-27(24-23-18)19-7-16-9-26(13-21-22-5-6-29-21)10-17(16)8-20(19)28-14-15-3-4-15/h5-6,12,15-17,19-20H,3-4,7-11,13-14H2,1-2H3/t16-,17+,19-,20-/m1/s1. The van der Waals surface area contributed by atoms with E-state index in [0.717, 1.165) is 56.6 Å². The Bertz CT molecular complexity index is 789. The Morgan fingerprint density at radius 1 is 1.21 bits per heavy atom. The van der Waals surface area contributed by atoms with Gasteiger partial charge in [0.05, 0.1) is 30.6 Å². The Kier molecular flexibility index (Phi) is 5.69. The van der Waals surface area contributed by atoms with Crippen molar-refractivity contribution in [3.05, 3.63) is 28.5 Å². The lowest BCUT2D eigenvalue weighted by Crippen LogP contribution is -2.38. The zero-order valence-corrected chi connectivity index (χ0v) is 18.3. The van der Waals surface area contributed by atoms with Crippen LogP contribution in [0.4, 0.5) is 0 Å². The minimum atomic E-state index is 0.255. The molecule has 0 aromatic carbocycles. The van der Waals surface area contributed by atoms with Crippen molar-refractivity contribution in [2.75, 3.05) is 33.8 Å². The first kappa shape index (κ1) is 19.6. The van der Waals surface area contributed by atoms with Gasteiger partial charge in [-0.25, -0.2) is 9.67 Å². The third kappa shape index (κ3) is 4.71. The number of aromatic nitrogens is 4. The first-order valence-corrected chi connectivity index (χ1v) is 11.8. The van der Waals surface area contributed by atoms with E-state index in [1.165, 1.54) is 24.4 Å². The number of fused-ring (bicyclic) bond motifs is 1. The molecule has 1 aliphatic heterocycles. The van der Waals surface area contributed by atoms with Crippen LogP contribution in [0.25, 0.3) is 0 Å². The van der Waals surface area contributed by atoms with Gasteiger partial charge in [-0.3, -0.25) is 4.90 Å². The lowest BCUT2D eigenvalue weighted by molar-refractivity contribution is -0.0375. The number of likely N-dealkylation sites (tertiary alicyclic amines) is 1. The second-order valence-electron chi connectivity index (χ2n) is 9.42. The topological polar surface area (TPSA) is 59.3 Å². The highest BCUT2D eigenvalue weighted by molar-refractivity contribution is 7.09. The molecule has 0 amide bonds. The molecule has 0 N–H and O–H groups in total. The van der Waals surface area contributed by atoms with Crippen LogP contribution in [0, 0.1) is 17.8 Å². The van der Waals surface area contributed by atoms with Gasteiger partial charge in [-0.1, -0.05) is 5.21 Å². The highest BCUT2D eigenvalue weighted by atomic mass is 32.1. The van der Waals surface area contributed by atoms with E-state index in [0.29, 0.717) is 12.0 Å². The predicted molar refractivity (Wildman–Crippen MR) is 113 cm³/mol. The number of hydrogen-bond donors (Lipinski definition) is 0. The van der Waals surface area contributed by atoms with Crippen LogP contribution in [0.1, 0.15) is 42.4 Å². The third-order valence-corrected chi connectivity index (χ3v) is 7.39. The molecular formula is C21H32N6OS. The van der Waals surface area contributed by atoms with E-state index in [-0.39, 0.29) is 6.10 Å². The SMILES string of the molecule is CN(C)Cc1cn([C@@H]2C[C@@H]3CN(Cc4nccs4)C[C@@H]3C[C@H]2OCC2CC2)nn1. The quantitative estimate of drug-likeness (QED) is 0.659. The van der Waals surface area contributed by atoms with Crippen molar-refractivity contribution < 1.29 is 4.74 Å². The molecule has 3 fully saturated rings. The number of thiazole rings is 1. The van der Waals surface area contributed by atoms with Gasteiger partial charge in [0, 0.05) is 37.8 Å². The van der Waals surface area contributed by atoms with Gasteiger partial charge in [0.2, 0.25) is 0 Å². The molecule has 3 aliphatic rings. The van der Waals surface area contributed by atoms with Gasteiger partial charge in [0.25, 0.3) is 0 Å². The van der Waals surface area contributed by atoms with Crippen molar-refractivity contribution in [3.8, 4) is 0 Å². The van der Waals surface area contributed by atoms with Crippen LogP contribution < -0.4 is 0 Å². The van der Waals surface area contributed by atoms with Crippen molar-refractivity contribution in [2.24, 2.45) is 17.8 Å². The van der Waals surface area contributed by atoms with Crippen LogP contribution in [-0.4, -0.2) is 69.7 Å². The molecule has 1 saturated heterocycles. The molecule has 3 heterocycles. The molecule has 2 aromatic heterocycles. The molecule has 2 saturated carbocycles. The second kappa shape index (κ2) is 8.41. The first-order chi connectivity index (χ1) is 14.1. The van der Waals surface area contributed by atoms with Crippen molar-refractivity contribution in [1.82, 2.24) is 29.8 Å². The number of rotatable bonds is 8. The van der Waals surface area contributed by atoms with Gasteiger partial charge in [0.15, 0.2) is 0 Å². The highest BCUT2D eigenvalue weighted by Crippen LogP contribution is 2.43. The first-order valence-electron chi connectivity index (χ1n) is 10.9. The molecule has 0 unspecified atom stereocenters. The highest BCUT2D eigenvalue weighted by Gasteiger charge is 2.44. The smallest absolute Gasteiger partial charge is 0.107 e. The van der Waals surface area contributed by atoms with E-state index in [1.54, 1.807) is 11.3 Å². The molecule has 2 aromatic rings. The molecule has 8 heteroatoms. The molecule has 5 rings (SSSR count). The summed E-state index contributed by atoms with van der Waals surface area (Å²) < 4.78 is 8.59. The van der Waals surface area contributed by atoms with Crippen LogP contribution in [0.5, 0.6) is 0 Å². The summed E-state index contributed by atoms with van der Waals surface area (Å²) in [5.41, 5.74) is 1.04. The molecular weight excluding hydrogens is 384 g/mol. The van der Waals surface area contributed by atoms with Crippen LogP contribution in [0.15, 0.2) is 17.8 Å². The number of ether oxygens (including phenoxy) is 1. The predicted octanol–water partition coefficient (Wildman–Crippen LogP) is 2.67. The number of hydrogen-bond acceptors (Lipinski definition) is 7. The molecule has 4 atom stereocenters.